The maximum absolute atomic E-state index is 13.2. The molecule has 3 nitrogen and oxygen atoms in total. The van der Waals surface area contributed by atoms with Crippen molar-refractivity contribution in [3.05, 3.63) is 138 Å². The van der Waals surface area contributed by atoms with Crippen LogP contribution in [-0.4, -0.2) is 10.9 Å². The van der Waals surface area contributed by atoms with Crippen LogP contribution in [0.1, 0.15) is 40.6 Å². The molecule has 1 aromatic heterocycles. The number of benzene rings is 3. The summed E-state index contributed by atoms with van der Waals surface area (Å²) >= 11 is 0. The van der Waals surface area contributed by atoms with Gasteiger partial charge in [-0.2, -0.15) is 0 Å². The minimum atomic E-state index is -0.214. The molecule has 0 bridgehead atoms. The average Bonchev–Trinajstić information content (AvgIpc) is 2.83. The molecule has 0 unspecified atom stereocenters. The first kappa shape index (κ1) is 19.6. The number of nitrogens with zero attached hydrogens (tertiary/aromatic N) is 1. The van der Waals surface area contributed by atoms with E-state index in [1.54, 1.807) is 12.4 Å². The fourth-order valence-electron chi connectivity index (χ4n) is 3.76. The number of aromatic nitrogens is 1. The van der Waals surface area contributed by atoms with Crippen LogP contribution in [0.2, 0.25) is 0 Å². The van der Waals surface area contributed by atoms with Gasteiger partial charge in [0.2, 0.25) is 5.91 Å². The van der Waals surface area contributed by atoms with Gasteiger partial charge in [-0.1, -0.05) is 91.0 Å². The molecule has 0 aliphatic heterocycles. The molecule has 1 N–H and O–H groups in total. The standard InChI is InChI=1S/C27H24N2O/c30-26(20-25(21-10-4-1-5-11-21)22-12-6-2-7-13-22)29-27(23-14-8-3-9-15-23)24-16-18-28-19-17-24/h1-19,25,27H,20H2,(H,29,30)/t27-/m1/s1. The molecule has 0 spiro atoms. The molecule has 1 amide bonds. The molecule has 0 saturated carbocycles. The van der Waals surface area contributed by atoms with Gasteiger partial charge in [0.15, 0.2) is 0 Å². The summed E-state index contributed by atoms with van der Waals surface area (Å²) in [5.41, 5.74) is 4.34. The number of nitrogens with one attached hydrogen (secondary N) is 1. The Bertz CT molecular complexity index is 885. The van der Waals surface area contributed by atoms with Crippen molar-refractivity contribution in [3.63, 3.8) is 0 Å². The van der Waals surface area contributed by atoms with E-state index >= 15 is 0 Å². The van der Waals surface area contributed by atoms with Crippen LogP contribution in [0, 0.1) is 0 Å². The maximum Gasteiger partial charge on any atom is 0.221 e. The van der Waals surface area contributed by atoms with Gasteiger partial charge in [0.25, 0.3) is 0 Å². The van der Waals surface area contributed by atoms with Gasteiger partial charge in [-0.3, -0.25) is 9.78 Å². The fraction of sp³-hybridized carbons (Fsp3) is 0.111. The van der Waals surface area contributed by atoms with Crippen LogP contribution < -0.4 is 5.32 Å². The molecule has 0 saturated heterocycles. The van der Waals surface area contributed by atoms with Crippen molar-refractivity contribution in [2.24, 2.45) is 0 Å². The summed E-state index contributed by atoms with van der Waals surface area (Å²) in [6.45, 7) is 0. The summed E-state index contributed by atoms with van der Waals surface area (Å²) < 4.78 is 0. The number of carbonyl (C=O) groups excluding carboxylic acids is 1. The van der Waals surface area contributed by atoms with Crippen molar-refractivity contribution in [1.82, 2.24) is 10.3 Å². The largest absolute Gasteiger partial charge is 0.345 e. The van der Waals surface area contributed by atoms with Gasteiger partial charge in [-0.15, -0.1) is 0 Å². The Hall–Kier alpha value is -3.72. The van der Waals surface area contributed by atoms with E-state index in [1.165, 1.54) is 0 Å². The van der Waals surface area contributed by atoms with Crippen LogP contribution in [0.25, 0.3) is 0 Å². The first-order chi connectivity index (χ1) is 14.8. The van der Waals surface area contributed by atoms with Crippen LogP contribution >= 0.6 is 0 Å². The van der Waals surface area contributed by atoms with E-state index in [-0.39, 0.29) is 17.9 Å². The lowest BCUT2D eigenvalue weighted by molar-refractivity contribution is -0.121. The third-order valence-electron chi connectivity index (χ3n) is 5.27. The van der Waals surface area contributed by atoms with Crippen molar-refractivity contribution in [2.45, 2.75) is 18.4 Å². The van der Waals surface area contributed by atoms with Crippen LogP contribution in [0.4, 0.5) is 0 Å². The third-order valence-corrected chi connectivity index (χ3v) is 5.27. The summed E-state index contributed by atoms with van der Waals surface area (Å²) in [7, 11) is 0. The molecule has 4 rings (SSSR count). The molecule has 1 atom stereocenters. The summed E-state index contributed by atoms with van der Waals surface area (Å²) in [5, 5.41) is 3.25. The lowest BCUT2D eigenvalue weighted by Gasteiger charge is -2.23. The number of rotatable bonds is 7. The number of pyridine rings is 1. The van der Waals surface area contributed by atoms with Crippen LogP contribution in [-0.2, 0) is 4.79 Å². The van der Waals surface area contributed by atoms with Gasteiger partial charge in [0.05, 0.1) is 6.04 Å². The first-order valence-corrected chi connectivity index (χ1v) is 10.2. The normalized spacial score (nSPS) is 11.8. The summed E-state index contributed by atoms with van der Waals surface area (Å²) in [4.78, 5) is 17.3. The molecule has 0 radical (unpaired) electrons. The van der Waals surface area contributed by atoms with Gasteiger partial charge >= 0.3 is 0 Å². The Balaban J connectivity index is 1.60. The molecule has 3 heteroatoms. The molecule has 0 fully saturated rings. The molecular weight excluding hydrogens is 368 g/mol. The highest BCUT2D eigenvalue weighted by Crippen LogP contribution is 2.29. The second-order valence-corrected chi connectivity index (χ2v) is 7.27. The molecule has 3 aromatic carbocycles. The van der Waals surface area contributed by atoms with Gasteiger partial charge in [0, 0.05) is 24.7 Å². The highest BCUT2D eigenvalue weighted by molar-refractivity contribution is 5.78. The zero-order chi connectivity index (χ0) is 20.6. The maximum atomic E-state index is 13.2. The quantitative estimate of drug-likeness (QED) is 0.451. The Morgan fingerprint density at radius 2 is 1.07 bits per heavy atom. The van der Waals surface area contributed by atoms with E-state index in [2.05, 4.69) is 34.6 Å². The van der Waals surface area contributed by atoms with Gasteiger partial charge in [0.1, 0.15) is 0 Å². The second-order valence-electron chi connectivity index (χ2n) is 7.27. The lowest BCUT2D eigenvalue weighted by Crippen LogP contribution is -2.30. The van der Waals surface area contributed by atoms with Gasteiger partial charge in [-0.05, 0) is 34.4 Å². The highest BCUT2D eigenvalue weighted by atomic mass is 16.1. The number of carbonyl (C=O) groups is 1. The van der Waals surface area contributed by atoms with Crippen molar-refractivity contribution in [2.75, 3.05) is 0 Å². The molecule has 30 heavy (non-hydrogen) atoms. The first-order valence-electron chi connectivity index (χ1n) is 10.2. The Morgan fingerprint density at radius 3 is 1.57 bits per heavy atom. The molecule has 148 valence electrons. The zero-order valence-corrected chi connectivity index (χ0v) is 16.7. The van der Waals surface area contributed by atoms with Crippen LogP contribution in [0.15, 0.2) is 116 Å². The summed E-state index contributed by atoms with van der Waals surface area (Å²) in [6.07, 6.45) is 3.89. The number of hydrogen-bond donors (Lipinski definition) is 1. The van der Waals surface area contributed by atoms with E-state index < -0.39 is 0 Å². The van der Waals surface area contributed by atoms with Crippen molar-refractivity contribution in [3.8, 4) is 0 Å². The second kappa shape index (κ2) is 9.66. The van der Waals surface area contributed by atoms with Crippen LogP contribution in [0.5, 0.6) is 0 Å². The van der Waals surface area contributed by atoms with E-state index in [1.807, 2.05) is 78.9 Å². The predicted molar refractivity (Wildman–Crippen MR) is 120 cm³/mol. The molecular formula is C27H24N2O. The van der Waals surface area contributed by atoms with Crippen molar-refractivity contribution in [1.29, 1.82) is 0 Å². The monoisotopic (exact) mass is 392 g/mol. The topological polar surface area (TPSA) is 42.0 Å². The SMILES string of the molecule is O=C(CC(c1ccccc1)c1ccccc1)N[C@H](c1ccccc1)c1ccncc1. The Morgan fingerprint density at radius 1 is 0.633 bits per heavy atom. The van der Waals surface area contributed by atoms with Gasteiger partial charge in [-0.25, -0.2) is 0 Å². The van der Waals surface area contributed by atoms with Crippen molar-refractivity contribution < 1.29 is 4.79 Å². The van der Waals surface area contributed by atoms with E-state index in [9.17, 15) is 4.79 Å². The number of amides is 1. The smallest absolute Gasteiger partial charge is 0.221 e. The molecule has 4 aromatic rings. The third kappa shape index (κ3) is 4.81. The summed E-state index contributed by atoms with van der Waals surface area (Å²) in [6, 6.07) is 34.2. The number of hydrogen-bond acceptors (Lipinski definition) is 2. The predicted octanol–water partition coefficient (Wildman–Crippen LogP) is 5.51. The highest BCUT2D eigenvalue weighted by Gasteiger charge is 2.22. The van der Waals surface area contributed by atoms with E-state index in [4.69, 9.17) is 0 Å². The average molecular weight is 393 g/mol. The molecule has 0 aliphatic rings. The minimum absolute atomic E-state index is 0.00117. The molecule has 0 aliphatic carbocycles. The van der Waals surface area contributed by atoms with E-state index in [0.29, 0.717) is 6.42 Å². The summed E-state index contributed by atoms with van der Waals surface area (Å²) in [5.74, 6) is 0.0136. The minimum Gasteiger partial charge on any atom is -0.345 e. The Labute approximate surface area is 177 Å². The lowest BCUT2D eigenvalue weighted by atomic mass is 9.88. The van der Waals surface area contributed by atoms with Crippen molar-refractivity contribution >= 4 is 5.91 Å². The van der Waals surface area contributed by atoms with Gasteiger partial charge < -0.3 is 5.32 Å². The Kier molecular flexibility index (Phi) is 6.31. The fourth-order valence-corrected chi connectivity index (χ4v) is 3.76. The zero-order valence-electron chi connectivity index (χ0n) is 16.7. The molecule has 1 heterocycles. The van der Waals surface area contributed by atoms with Crippen LogP contribution in [0.3, 0.4) is 0 Å². The van der Waals surface area contributed by atoms with E-state index in [0.717, 1.165) is 22.3 Å².